The van der Waals surface area contributed by atoms with Gasteiger partial charge < -0.3 is 10.6 Å². The number of thiol groups is 1. The number of hydrogen-bond acceptors (Lipinski definition) is 3. The van der Waals surface area contributed by atoms with E-state index in [1.807, 2.05) is 0 Å². The quantitative estimate of drug-likeness (QED) is 0.795. The molecule has 0 aliphatic carbocycles. The summed E-state index contributed by atoms with van der Waals surface area (Å²) >= 11 is 10.3. The van der Waals surface area contributed by atoms with Gasteiger partial charge in [-0.2, -0.15) is 0 Å². The van der Waals surface area contributed by atoms with Gasteiger partial charge in [0.15, 0.2) is 0 Å². The van der Waals surface area contributed by atoms with E-state index in [-0.39, 0.29) is 11.8 Å². The topological polar surface area (TPSA) is 46.3 Å². The molecule has 1 fully saturated rings. The van der Waals surface area contributed by atoms with Gasteiger partial charge in [-0.1, -0.05) is 11.6 Å². The summed E-state index contributed by atoms with van der Waals surface area (Å²) < 4.78 is 0. The average Bonchev–Trinajstić information content (AvgIpc) is 2.63. The Bertz CT molecular complexity index is 424. The van der Waals surface area contributed by atoms with Gasteiger partial charge in [-0.15, -0.1) is 12.6 Å². The normalized spacial score (nSPS) is 20.6. The number of halogens is 1. The summed E-state index contributed by atoms with van der Waals surface area (Å²) in [6, 6.07) is 5.32. The number of hydrogen-bond donors (Lipinski definition) is 2. The van der Waals surface area contributed by atoms with Crippen molar-refractivity contribution in [2.24, 2.45) is 11.7 Å². The molecular formula is C11H13ClN2OS. The average molecular weight is 257 g/mol. The van der Waals surface area contributed by atoms with Crippen molar-refractivity contribution in [3.63, 3.8) is 0 Å². The van der Waals surface area contributed by atoms with Gasteiger partial charge in [0.2, 0.25) is 5.91 Å². The zero-order chi connectivity index (χ0) is 11.7. The smallest absolute Gasteiger partial charge is 0.227 e. The van der Waals surface area contributed by atoms with Crippen LogP contribution in [0.4, 0.5) is 5.69 Å². The molecule has 1 amide bonds. The van der Waals surface area contributed by atoms with Crippen molar-refractivity contribution >= 4 is 35.8 Å². The van der Waals surface area contributed by atoms with Crippen molar-refractivity contribution in [3.8, 4) is 0 Å². The van der Waals surface area contributed by atoms with E-state index in [0.717, 1.165) is 10.6 Å². The highest BCUT2D eigenvalue weighted by Crippen LogP contribution is 2.32. The molecule has 86 valence electrons. The Kier molecular flexibility index (Phi) is 3.42. The number of amides is 1. The summed E-state index contributed by atoms with van der Waals surface area (Å²) in [5.74, 6) is 0.326. The lowest BCUT2D eigenvalue weighted by Crippen LogP contribution is -2.26. The standard InChI is InChI=1S/C11H13ClN2OS/c12-8-1-2-10(16)9(4-8)14-6-7(5-13)3-11(14)15/h1-2,4,7,16H,3,5-6,13H2. The van der Waals surface area contributed by atoms with Crippen molar-refractivity contribution in [1.29, 1.82) is 0 Å². The van der Waals surface area contributed by atoms with E-state index in [1.54, 1.807) is 23.1 Å². The van der Waals surface area contributed by atoms with Crippen molar-refractivity contribution < 1.29 is 4.79 Å². The molecule has 2 N–H and O–H groups in total. The first-order chi connectivity index (χ1) is 7.61. The fraction of sp³-hybridized carbons (Fsp3) is 0.364. The molecule has 1 aromatic carbocycles. The van der Waals surface area contributed by atoms with Gasteiger partial charge in [0, 0.05) is 22.9 Å². The summed E-state index contributed by atoms with van der Waals surface area (Å²) in [4.78, 5) is 14.3. The highest BCUT2D eigenvalue weighted by molar-refractivity contribution is 7.80. The van der Waals surface area contributed by atoms with E-state index < -0.39 is 0 Å². The lowest BCUT2D eigenvalue weighted by atomic mass is 10.1. The number of carbonyl (C=O) groups is 1. The molecule has 1 atom stereocenters. The molecule has 0 spiro atoms. The number of anilines is 1. The van der Waals surface area contributed by atoms with Crippen LogP contribution in [0.5, 0.6) is 0 Å². The van der Waals surface area contributed by atoms with Gasteiger partial charge in [-0.3, -0.25) is 4.79 Å². The fourth-order valence-electron chi connectivity index (χ4n) is 1.89. The predicted octanol–water partition coefficient (Wildman–Crippen LogP) is 1.94. The molecule has 0 bridgehead atoms. The van der Waals surface area contributed by atoms with E-state index in [2.05, 4.69) is 12.6 Å². The Morgan fingerprint density at radius 3 is 2.94 bits per heavy atom. The predicted molar refractivity (Wildman–Crippen MR) is 68.2 cm³/mol. The molecule has 1 aliphatic heterocycles. The third kappa shape index (κ3) is 2.19. The second-order valence-corrected chi connectivity index (χ2v) is 4.86. The maximum atomic E-state index is 11.8. The molecule has 1 aliphatic rings. The van der Waals surface area contributed by atoms with Crippen molar-refractivity contribution in [2.45, 2.75) is 11.3 Å². The molecule has 5 heteroatoms. The maximum absolute atomic E-state index is 11.8. The maximum Gasteiger partial charge on any atom is 0.227 e. The Labute approximate surface area is 105 Å². The molecule has 0 aromatic heterocycles. The molecule has 3 nitrogen and oxygen atoms in total. The van der Waals surface area contributed by atoms with E-state index in [0.29, 0.717) is 24.5 Å². The number of nitrogens with zero attached hydrogens (tertiary/aromatic N) is 1. The van der Waals surface area contributed by atoms with Crippen LogP contribution < -0.4 is 10.6 Å². The second kappa shape index (κ2) is 4.65. The third-order valence-electron chi connectivity index (χ3n) is 2.77. The Morgan fingerprint density at radius 1 is 1.56 bits per heavy atom. The fourth-order valence-corrected chi connectivity index (χ4v) is 2.31. The van der Waals surface area contributed by atoms with Gasteiger partial charge in [0.25, 0.3) is 0 Å². The van der Waals surface area contributed by atoms with E-state index in [9.17, 15) is 4.79 Å². The summed E-state index contributed by atoms with van der Waals surface area (Å²) in [5.41, 5.74) is 6.36. The minimum absolute atomic E-state index is 0.0908. The van der Waals surface area contributed by atoms with E-state index in [1.165, 1.54) is 0 Å². The third-order valence-corrected chi connectivity index (χ3v) is 3.38. The molecule has 0 saturated carbocycles. The van der Waals surface area contributed by atoms with Crippen molar-refractivity contribution in [2.75, 3.05) is 18.0 Å². The Morgan fingerprint density at radius 2 is 2.31 bits per heavy atom. The van der Waals surface area contributed by atoms with Gasteiger partial charge >= 0.3 is 0 Å². The second-order valence-electron chi connectivity index (χ2n) is 3.94. The minimum atomic E-state index is 0.0908. The number of benzene rings is 1. The summed E-state index contributed by atoms with van der Waals surface area (Å²) in [7, 11) is 0. The number of carbonyl (C=O) groups excluding carboxylic acids is 1. The van der Waals surface area contributed by atoms with Crippen LogP contribution in [-0.4, -0.2) is 19.0 Å². The van der Waals surface area contributed by atoms with Crippen molar-refractivity contribution in [1.82, 2.24) is 0 Å². The van der Waals surface area contributed by atoms with Gasteiger partial charge in [-0.05, 0) is 30.7 Å². The Hall–Kier alpha value is -0.710. The highest BCUT2D eigenvalue weighted by atomic mass is 35.5. The van der Waals surface area contributed by atoms with Crippen LogP contribution in [0.3, 0.4) is 0 Å². The molecule has 0 radical (unpaired) electrons. The van der Waals surface area contributed by atoms with Gasteiger partial charge in [0.05, 0.1) is 5.69 Å². The van der Waals surface area contributed by atoms with Crippen LogP contribution in [-0.2, 0) is 4.79 Å². The van der Waals surface area contributed by atoms with Crippen LogP contribution in [0.25, 0.3) is 0 Å². The van der Waals surface area contributed by atoms with E-state index >= 15 is 0 Å². The molecule has 1 heterocycles. The summed E-state index contributed by atoms with van der Waals surface area (Å²) in [5, 5.41) is 0.608. The lowest BCUT2D eigenvalue weighted by Gasteiger charge is -2.18. The molecule has 1 unspecified atom stereocenters. The molecule has 1 saturated heterocycles. The highest BCUT2D eigenvalue weighted by Gasteiger charge is 2.30. The van der Waals surface area contributed by atoms with Crippen LogP contribution in [0, 0.1) is 5.92 Å². The first kappa shape index (κ1) is 11.8. The Balaban J connectivity index is 2.30. The number of nitrogens with two attached hydrogens (primary N) is 1. The first-order valence-electron chi connectivity index (χ1n) is 5.10. The monoisotopic (exact) mass is 256 g/mol. The van der Waals surface area contributed by atoms with Gasteiger partial charge in [-0.25, -0.2) is 0 Å². The van der Waals surface area contributed by atoms with Gasteiger partial charge in [0.1, 0.15) is 0 Å². The summed E-state index contributed by atoms with van der Waals surface area (Å²) in [6.07, 6.45) is 0.510. The van der Waals surface area contributed by atoms with Crippen molar-refractivity contribution in [3.05, 3.63) is 23.2 Å². The zero-order valence-corrected chi connectivity index (χ0v) is 10.3. The van der Waals surface area contributed by atoms with Crippen LogP contribution in [0.2, 0.25) is 5.02 Å². The van der Waals surface area contributed by atoms with E-state index in [4.69, 9.17) is 17.3 Å². The summed E-state index contributed by atoms with van der Waals surface area (Å²) in [6.45, 7) is 1.19. The molecule has 16 heavy (non-hydrogen) atoms. The molecular weight excluding hydrogens is 244 g/mol. The minimum Gasteiger partial charge on any atom is -0.330 e. The van der Waals surface area contributed by atoms with Crippen LogP contribution in [0.1, 0.15) is 6.42 Å². The first-order valence-corrected chi connectivity index (χ1v) is 5.93. The SMILES string of the molecule is NCC1CC(=O)N(c2cc(Cl)ccc2S)C1. The van der Waals surface area contributed by atoms with Crippen LogP contribution in [0.15, 0.2) is 23.1 Å². The largest absolute Gasteiger partial charge is 0.330 e. The lowest BCUT2D eigenvalue weighted by molar-refractivity contribution is -0.117. The zero-order valence-electron chi connectivity index (χ0n) is 8.69. The molecule has 2 rings (SSSR count). The number of rotatable bonds is 2. The molecule has 1 aromatic rings. The van der Waals surface area contributed by atoms with Crippen LogP contribution >= 0.6 is 24.2 Å².